The summed E-state index contributed by atoms with van der Waals surface area (Å²) in [6, 6.07) is 24.1. The van der Waals surface area contributed by atoms with E-state index in [1.54, 1.807) is 12.1 Å². The minimum atomic E-state index is -0.990. The molecule has 5 rings (SSSR count). The van der Waals surface area contributed by atoms with Gasteiger partial charge in [0.1, 0.15) is 11.4 Å². The van der Waals surface area contributed by atoms with Gasteiger partial charge < -0.3 is 9.84 Å². The number of hydrogen-bond donors (Lipinski definition) is 1. The topological polar surface area (TPSA) is 72.3 Å². The van der Waals surface area contributed by atoms with Gasteiger partial charge in [0.15, 0.2) is 0 Å². The third-order valence-corrected chi connectivity index (χ3v) is 4.14. The van der Waals surface area contributed by atoms with Crippen molar-refractivity contribution in [3.63, 3.8) is 0 Å². The number of ether oxygens (including phenoxy) is 1. The molecular weight excluding hydrogens is 532 g/mol. The molecule has 1 N–H and O–H groups in total. The minimum absolute atomic E-state index is 0. The molecule has 28 heavy (non-hydrogen) atoms. The average Bonchev–Trinajstić information content (AvgIpc) is 2.73. The van der Waals surface area contributed by atoms with Gasteiger partial charge in [-0.1, -0.05) is 29.8 Å². The number of hydrogen-bond acceptors (Lipinski definition) is 4. The number of fused-ring (bicyclic) bond motifs is 4. The Morgan fingerprint density at radius 2 is 1.89 bits per heavy atom. The van der Waals surface area contributed by atoms with Crippen molar-refractivity contribution in [2.75, 3.05) is 0 Å². The second-order valence-electron chi connectivity index (χ2n) is 5.91. The number of benzene rings is 2. The van der Waals surface area contributed by atoms with Crippen LogP contribution < -0.4 is 4.74 Å². The number of aromatic nitrogens is 2. The Hall–Kier alpha value is -3.08. The van der Waals surface area contributed by atoms with Crippen LogP contribution in [0.3, 0.4) is 0 Å². The van der Waals surface area contributed by atoms with E-state index in [-0.39, 0.29) is 25.8 Å². The summed E-state index contributed by atoms with van der Waals surface area (Å²) in [4.78, 5) is 18.4. The van der Waals surface area contributed by atoms with Crippen LogP contribution in [-0.4, -0.2) is 21.0 Å². The van der Waals surface area contributed by atoms with Crippen molar-refractivity contribution < 1.29 is 34.7 Å². The first-order valence-electron chi connectivity index (χ1n) is 8.39. The molecule has 3 heterocycles. The van der Waals surface area contributed by atoms with Crippen molar-refractivity contribution in [3.8, 4) is 17.0 Å². The largest absolute Gasteiger partial charge is 0.506 e. The number of carbonyl (C=O) groups is 1. The molecule has 4 aromatic rings. The molecule has 141 valence electrons. The maximum absolute atomic E-state index is 10.1. The molecule has 1 aliphatic heterocycles. The van der Waals surface area contributed by atoms with Crippen LogP contribution in [0.2, 0.25) is 0 Å². The van der Waals surface area contributed by atoms with Gasteiger partial charge in [-0.05, 0) is 24.3 Å². The smallest absolute Gasteiger partial charge is 0.354 e. The zero-order chi connectivity index (χ0) is 18.6. The zero-order valence-electron chi connectivity index (χ0n) is 14.6. The molecule has 5 nitrogen and oxygen atoms in total. The molecule has 0 unspecified atom stereocenters. The van der Waals surface area contributed by atoms with Crippen LogP contribution in [0.5, 0.6) is 5.75 Å². The van der Waals surface area contributed by atoms with Crippen molar-refractivity contribution in [2.24, 2.45) is 0 Å². The summed E-state index contributed by atoms with van der Waals surface area (Å²) in [6.45, 7) is 0.597. The van der Waals surface area contributed by atoms with E-state index in [0.29, 0.717) is 6.61 Å². The van der Waals surface area contributed by atoms with Gasteiger partial charge in [0, 0.05) is 37.4 Å². The minimum Gasteiger partial charge on any atom is -0.506 e. The molecule has 1 aliphatic rings. The van der Waals surface area contributed by atoms with E-state index in [0.717, 1.165) is 33.5 Å². The van der Waals surface area contributed by atoms with Crippen LogP contribution >= 0.6 is 0 Å². The van der Waals surface area contributed by atoms with Gasteiger partial charge >= 0.3 is 5.97 Å². The fourth-order valence-corrected chi connectivity index (χ4v) is 2.84. The van der Waals surface area contributed by atoms with Crippen molar-refractivity contribution in [2.45, 2.75) is 6.61 Å². The van der Waals surface area contributed by atoms with E-state index in [1.807, 2.05) is 30.3 Å². The van der Waals surface area contributed by atoms with Crippen molar-refractivity contribution in [1.82, 2.24) is 9.97 Å². The second kappa shape index (κ2) is 8.74. The molecule has 6 heteroatoms. The maximum atomic E-state index is 10.1. The van der Waals surface area contributed by atoms with Gasteiger partial charge in [-0.25, -0.2) is 9.78 Å². The third-order valence-electron chi connectivity index (χ3n) is 4.14. The second-order valence-corrected chi connectivity index (χ2v) is 5.91. The number of carboxylic acids is 1. The molecule has 1 radical (unpaired) electrons. The van der Waals surface area contributed by atoms with Crippen LogP contribution in [0, 0.1) is 6.07 Å². The van der Waals surface area contributed by atoms with E-state index in [1.165, 1.54) is 12.3 Å². The number of para-hydroxylation sites is 1. The summed E-state index contributed by atoms with van der Waals surface area (Å²) in [6.07, 6.45) is 1.45. The van der Waals surface area contributed by atoms with Crippen LogP contribution in [0.15, 0.2) is 72.9 Å². The predicted octanol–water partition coefficient (Wildman–Crippen LogP) is 4.37. The van der Waals surface area contributed by atoms with Crippen LogP contribution in [0.4, 0.5) is 0 Å². The fraction of sp³-hybridized carbons (Fsp3) is 0.0455. The van der Waals surface area contributed by atoms with Crippen LogP contribution in [0.25, 0.3) is 22.2 Å². The van der Waals surface area contributed by atoms with Gasteiger partial charge in [-0.3, -0.25) is 4.98 Å². The Bertz CT molecular complexity index is 1120. The predicted molar refractivity (Wildman–Crippen MR) is 102 cm³/mol. The van der Waals surface area contributed by atoms with Gasteiger partial charge in [0.25, 0.3) is 0 Å². The molecule has 0 saturated heterocycles. The standard InChI is InChI=1S/C16H10NO.C6H5NO2.Ir/c1-3-7-13-12(6-1)10-18-15-9-11-5-2-4-8-14(11)17-16(13)15;8-6(9)5-3-1-2-4-7-5;/h1-6,8-9H,10H2;1-4H,(H,8,9);/q-1;;. The summed E-state index contributed by atoms with van der Waals surface area (Å²) in [5.41, 5.74) is 4.18. The van der Waals surface area contributed by atoms with Crippen LogP contribution in [0.1, 0.15) is 16.1 Å². The Balaban J connectivity index is 0.000000193. The number of pyridine rings is 2. The average molecular weight is 548 g/mol. The first-order valence-corrected chi connectivity index (χ1v) is 8.39. The zero-order valence-corrected chi connectivity index (χ0v) is 17.0. The molecule has 0 fully saturated rings. The summed E-state index contributed by atoms with van der Waals surface area (Å²) >= 11 is 0. The van der Waals surface area contributed by atoms with Crippen molar-refractivity contribution in [3.05, 3.63) is 90.3 Å². The van der Waals surface area contributed by atoms with E-state index in [4.69, 9.17) is 14.8 Å². The van der Waals surface area contributed by atoms with Gasteiger partial charge in [-0.2, -0.15) is 0 Å². The first-order chi connectivity index (χ1) is 13.2. The van der Waals surface area contributed by atoms with E-state index in [2.05, 4.69) is 29.2 Å². The Kier molecular flexibility index (Phi) is 6.14. The molecule has 2 aromatic heterocycles. The number of rotatable bonds is 1. The molecule has 0 amide bonds. The quantitative estimate of drug-likeness (QED) is 0.359. The third kappa shape index (κ3) is 4.09. The van der Waals surface area contributed by atoms with Gasteiger partial charge in [0.2, 0.25) is 0 Å². The van der Waals surface area contributed by atoms with E-state index in [9.17, 15) is 4.79 Å². The molecule has 0 bridgehead atoms. The van der Waals surface area contributed by atoms with Gasteiger partial charge in [0.05, 0.1) is 12.1 Å². The molecule has 0 aliphatic carbocycles. The summed E-state index contributed by atoms with van der Waals surface area (Å²) < 4.78 is 5.78. The molecule has 0 atom stereocenters. The van der Waals surface area contributed by atoms with Crippen molar-refractivity contribution >= 4 is 16.9 Å². The van der Waals surface area contributed by atoms with E-state index < -0.39 is 5.97 Å². The Morgan fingerprint density at radius 3 is 2.64 bits per heavy atom. The fourth-order valence-electron chi connectivity index (χ4n) is 2.84. The summed E-state index contributed by atoms with van der Waals surface area (Å²) in [7, 11) is 0. The SMILES string of the molecule is O=C(O)c1ccccn1.[Ir].[c-]1cccc2c1-c1nc3ccccc3cc1OC2. The Labute approximate surface area is 175 Å². The summed E-state index contributed by atoms with van der Waals surface area (Å²) in [5.74, 6) is -0.140. The molecule has 0 spiro atoms. The molecular formula is C22H15IrN2O3-. The first kappa shape index (κ1) is 19.7. The molecule has 0 saturated carbocycles. The number of aromatic carboxylic acids is 1. The molecule has 2 aromatic carbocycles. The van der Waals surface area contributed by atoms with Gasteiger partial charge in [-0.15, -0.1) is 29.8 Å². The monoisotopic (exact) mass is 548 g/mol. The number of carboxylic acid groups (broad SMARTS) is 1. The Morgan fingerprint density at radius 1 is 1.07 bits per heavy atom. The normalized spacial score (nSPS) is 11.0. The van der Waals surface area contributed by atoms with Crippen molar-refractivity contribution in [1.29, 1.82) is 0 Å². The van der Waals surface area contributed by atoms with E-state index >= 15 is 0 Å². The van der Waals surface area contributed by atoms with Crippen LogP contribution in [-0.2, 0) is 26.7 Å². The number of nitrogens with zero attached hydrogens (tertiary/aromatic N) is 2. The summed E-state index contributed by atoms with van der Waals surface area (Å²) in [5, 5.41) is 9.43. The maximum Gasteiger partial charge on any atom is 0.354 e.